The van der Waals surface area contributed by atoms with Crippen LogP contribution in [0.3, 0.4) is 0 Å². The van der Waals surface area contributed by atoms with Gasteiger partial charge in [-0.05, 0) is 19.3 Å². The molecule has 2 amide bonds. The predicted octanol–water partition coefficient (Wildman–Crippen LogP) is 1.58. The van der Waals surface area contributed by atoms with Crippen molar-refractivity contribution in [1.29, 1.82) is 0 Å². The first-order chi connectivity index (χ1) is 11.5. The third kappa shape index (κ3) is 3.06. The predicted molar refractivity (Wildman–Crippen MR) is 91.4 cm³/mol. The molecular formula is C16H21N5O2S. The first-order valence-electron chi connectivity index (χ1n) is 8.02. The first kappa shape index (κ1) is 16.6. The summed E-state index contributed by atoms with van der Waals surface area (Å²) in [5.41, 5.74) is 1.50. The van der Waals surface area contributed by atoms with E-state index >= 15 is 0 Å². The molecule has 0 spiro atoms. The minimum atomic E-state index is -0.373. The molecule has 2 aromatic heterocycles. The van der Waals surface area contributed by atoms with Crippen LogP contribution in [0.1, 0.15) is 35.8 Å². The average Bonchev–Trinajstić information content (AvgIpc) is 3.31. The summed E-state index contributed by atoms with van der Waals surface area (Å²) in [6.07, 6.45) is 5.66. The van der Waals surface area contributed by atoms with Crippen molar-refractivity contribution >= 4 is 23.2 Å². The molecule has 8 heteroatoms. The monoisotopic (exact) mass is 347 g/mol. The Morgan fingerprint density at radius 3 is 2.88 bits per heavy atom. The van der Waals surface area contributed by atoms with Gasteiger partial charge in [-0.2, -0.15) is 5.10 Å². The summed E-state index contributed by atoms with van der Waals surface area (Å²) in [7, 11) is 3.43. The zero-order valence-electron chi connectivity index (χ0n) is 14.1. The van der Waals surface area contributed by atoms with Crippen molar-refractivity contribution in [2.45, 2.75) is 32.2 Å². The third-order valence-electron chi connectivity index (χ3n) is 4.17. The number of amides is 2. The number of carbonyl (C=O) groups excluding carboxylic acids is 2. The number of carbonyl (C=O) groups is 2. The van der Waals surface area contributed by atoms with Crippen LogP contribution in [-0.4, -0.2) is 63.1 Å². The summed E-state index contributed by atoms with van der Waals surface area (Å²) in [6.45, 7) is 2.65. The molecule has 0 bridgehead atoms. The summed E-state index contributed by atoms with van der Waals surface area (Å²) in [4.78, 5) is 32.7. The molecule has 3 heterocycles. The van der Waals surface area contributed by atoms with Crippen LogP contribution in [0.4, 0.5) is 0 Å². The molecule has 0 aromatic carbocycles. The highest BCUT2D eigenvalue weighted by molar-refractivity contribution is 7.12. The van der Waals surface area contributed by atoms with E-state index in [-0.39, 0.29) is 17.9 Å². The Balaban J connectivity index is 1.79. The van der Waals surface area contributed by atoms with Gasteiger partial charge in [-0.1, -0.05) is 6.92 Å². The van der Waals surface area contributed by atoms with Gasteiger partial charge in [0.2, 0.25) is 11.0 Å². The lowest BCUT2D eigenvalue weighted by atomic mass is 10.2. The van der Waals surface area contributed by atoms with Crippen LogP contribution in [-0.2, 0) is 11.2 Å². The van der Waals surface area contributed by atoms with E-state index in [4.69, 9.17) is 0 Å². The molecule has 3 rings (SSSR count). The zero-order chi connectivity index (χ0) is 17.3. The Kier molecular flexibility index (Phi) is 4.66. The highest BCUT2D eigenvalue weighted by Crippen LogP contribution is 2.22. The quantitative estimate of drug-likeness (QED) is 0.842. The molecule has 24 heavy (non-hydrogen) atoms. The molecule has 2 aromatic rings. The van der Waals surface area contributed by atoms with Gasteiger partial charge in [0, 0.05) is 32.2 Å². The summed E-state index contributed by atoms with van der Waals surface area (Å²) in [5, 5.41) is 6.99. The van der Waals surface area contributed by atoms with Gasteiger partial charge in [0.05, 0.1) is 17.5 Å². The highest BCUT2D eigenvalue weighted by atomic mass is 32.1. The van der Waals surface area contributed by atoms with Crippen LogP contribution in [0.15, 0.2) is 17.8 Å². The summed E-state index contributed by atoms with van der Waals surface area (Å²) >= 11 is 1.50. The van der Waals surface area contributed by atoms with Crippen LogP contribution in [0.2, 0.25) is 0 Å². The number of thiazole rings is 1. The number of aryl methyl sites for hydroxylation is 1. The second-order valence-corrected chi connectivity index (χ2v) is 6.87. The summed E-state index contributed by atoms with van der Waals surface area (Å²) in [5.74, 6) is -0.174. The molecule has 0 saturated carbocycles. The zero-order valence-corrected chi connectivity index (χ0v) is 14.9. The number of likely N-dealkylation sites (N-methyl/N-ethyl adjacent to an activating group) is 1. The van der Waals surface area contributed by atoms with E-state index < -0.39 is 0 Å². The maximum Gasteiger partial charge on any atom is 0.257 e. The second kappa shape index (κ2) is 6.72. The van der Waals surface area contributed by atoms with E-state index in [1.165, 1.54) is 11.3 Å². The van der Waals surface area contributed by atoms with Crippen molar-refractivity contribution in [3.63, 3.8) is 0 Å². The molecule has 0 N–H and O–H groups in total. The lowest BCUT2D eigenvalue weighted by Crippen LogP contribution is -2.45. The molecule has 1 unspecified atom stereocenters. The van der Waals surface area contributed by atoms with Crippen LogP contribution in [0, 0.1) is 0 Å². The number of hydrogen-bond donors (Lipinski definition) is 0. The number of likely N-dealkylation sites (tertiary alicyclic amines) is 1. The third-order valence-corrected chi connectivity index (χ3v) is 5.05. The van der Waals surface area contributed by atoms with E-state index in [9.17, 15) is 9.59 Å². The van der Waals surface area contributed by atoms with Crippen LogP contribution >= 0.6 is 11.3 Å². The van der Waals surface area contributed by atoms with Gasteiger partial charge in [-0.3, -0.25) is 9.59 Å². The molecule has 1 aliphatic heterocycles. The minimum Gasteiger partial charge on any atom is -0.347 e. The fourth-order valence-corrected chi connectivity index (χ4v) is 3.67. The molecule has 0 aliphatic carbocycles. The maximum absolute atomic E-state index is 12.8. The van der Waals surface area contributed by atoms with Crippen molar-refractivity contribution < 1.29 is 9.59 Å². The lowest BCUT2D eigenvalue weighted by molar-refractivity contribution is -0.132. The van der Waals surface area contributed by atoms with E-state index in [1.54, 1.807) is 41.0 Å². The van der Waals surface area contributed by atoms with Crippen LogP contribution in [0.25, 0.3) is 5.13 Å². The van der Waals surface area contributed by atoms with Crippen molar-refractivity contribution in [3.8, 4) is 5.13 Å². The Bertz CT molecular complexity index is 751. The molecule has 1 fully saturated rings. The molecule has 1 aliphatic rings. The van der Waals surface area contributed by atoms with E-state index in [0.717, 1.165) is 23.7 Å². The van der Waals surface area contributed by atoms with E-state index in [2.05, 4.69) is 10.1 Å². The minimum absolute atomic E-state index is 0.0271. The van der Waals surface area contributed by atoms with Gasteiger partial charge in [0.25, 0.3) is 5.91 Å². The Morgan fingerprint density at radius 1 is 1.42 bits per heavy atom. The van der Waals surface area contributed by atoms with Gasteiger partial charge in [-0.15, -0.1) is 11.3 Å². The average molecular weight is 347 g/mol. The standard InChI is InChI=1S/C16H21N5O2S/c1-4-12-10-24-16(18-12)21-9-11(8-17-21)14(22)20-7-5-6-13(20)15(23)19(2)3/h8-10,13H,4-7H2,1-3H3. The topological polar surface area (TPSA) is 71.3 Å². The van der Waals surface area contributed by atoms with E-state index in [1.807, 2.05) is 12.3 Å². The molecular weight excluding hydrogens is 326 g/mol. The second-order valence-electron chi connectivity index (χ2n) is 6.04. The highest BCUT2D eigenvalue weighted by Gasteiger charge is 2.35. The number of rotatable bonds is 4. The van der Waals surface area contributed by atoms with Gasteiger partial charge in [-0.25, -0.2) is 9.67 Å². The van der Waals surface area contributed by atoms with Crippen LogP contribution in [0.5, 0.6) is 0 Å². The van der Waals surface area contributed by atoms with Crippen molar-refractivity contribution in [2.75, 3.05) is 20.6 Å². The molecule has 0 radical (unpaired) electrons. The Labute approximate surface area is 144 Å². The number of nitrogens with zero attached hydrogens (tertiary/aromatic N) is 5. The lowest BCUT2D eigenvalue weighted by Gasteiger charge is -2.25. The smallest absolute Gasteiger partial charge is 0.257 e. The largest absolute Gasteiger partial charge is 0.347 e. The maximum atomic E-state index is 12.8. The fraction of sp³-hybridized carbons (Fsp3) is 0.500. The first-order valence-corrected chi connectivity index (χ1v) is 8.90. The summed E-state index contributed by atoms with van der Waals surface area (Å²) < 4.78 is 1.62. The number of hydrogen-bond acceptors (Lipinski definition) is 5. The Morgan fingerprint density at radius 2 is 2.21 bits per heavy atom. The van der Waals surface area contributed by atoms with Gasteiger partial charge in [0.1, 0.15) is 6.04 Å². The Hall–Kier alpha value is -2.22. The van der Waals surface area contributed by atoms with Crippen LogP contribution < -0.4 is 0 Å². The van der Waals surface area contributed by atoms with Crippen molar-refractivity contribution in [1.82, 2.24) is 24.6 Å². The van der Waals surface area contributed by atoms with Gasteiger partial charge < -0.3 is 9.80 Å². The molecule has 1 atom stereocenters. The molecule has 7 nitrogen and oxygen atoms in total. The van der Waals surface area contributed by atoms with E-state index in [0.29, 0.717) is 18.5 Å². The van der Waals surface area contributed by atoms with Gasteiger partial charge >= 0.3 is 0 Å². The molecule has 128 valence electrons. The molecule has 1 saturated heterocycles. The fourth-order valence-electron chi connectivity index (χ4n) is 2.83. The normalized spacial score (nSPS) is 17.3. The summed E-state index contributed by atoms with van der Waals surface area (Å²) in [6, 6.07) is -0.373. The van der Waals surface area contributed by atoms with Crippen molar-refractivity contribution in [2.24, 2.45) is 0 Å². The SMILES string of the molecule is CCc1csc(-n2cc(C(=O)N3CCCC3C(=O)N(C)C)cn2)n1. The number of aromatic nitrogens is 3. The van der Waals surface area contributed by atoms with Crippen molar-refractivity contribution in [3.05, 3.63) is 29.0 Å². The van der Waals surface area contributed by atoms with Gasteiger partial charge in [0.15, 0.2) is 0 Å².